The highest BCUT2D eigenvalue weighted by molar-refractivity contribution is 7.98. The predicted octanol–water partition coefficient (Wildman–Crippen LogP) is 1.78. The smallest absolute Gasteiger partial charge is 0.254 e. The molecule has 0 aromatic heterocycles. The number of hydrogen-bond donors (Lipinski definition) is 2. The number of ketones is 1. The van der Waals surface area contributed by atoms with Crippen molar-refractivity contribution in [1.82, 2.24) is 10.2 Å². The van der Waals surface area contributed by atoms with E-state index in [2.05, 4.69) is 11.4 Å². The number of Topliss-reactive ketones (excluding diaryl/α,β-unsaturated/α-hetero) is 1. The molecule has 1 aliphatic heterocycles. The van der Waals surface area contributed by atoms with Crippen LogP contribution < -0.4 is 11.1 Å². The monoisotopic (exact) mass is 333 g/mol. The van der Waals surface area contributed by atoms with Crippen LogP contribution in [0, 0.1) is 5.92 Å². The lowest BCUT2D eigenvalue weighted by atomic mass is 10.00. The van der Waals surface area contributed by atoms with Crippen LogP contribution in [0.15, 0.2) is 23.1 Å². The number of benzene rings is 1. The lowest BCUT2D eigenvalue weighted by Crippen LogP contribution is -2.34. The topological polar surface area (TPSA) is 75.4 Å². The molecule has 1 heterocycles. The molecule has 1 fully saturated rings. The minimum absolute atomic E-state index is 0.0733. The Morgan fingerprint density at radius 1 is 1.43 bits per heavy atom. The van der Waals surface area contributed by atoms with Crippen LogP contribution in [0.3, 0.4) is 0 Å². The van der Waals surface area contributed by atoms with Gasteiger partial charge in [-0.15, -0.1) is 11.8 Å². The van der Waals surface area contributed by atoms with Crippen LogP contribution in [0.1, 0.15) is 41.2 Å². The molecule has 1 aliphatic carbocycles. The summed E-state index contributed by atoms with van der Waals surface area (Å²) >= 11 is 1.65. The van der Waals surface area contributed by atoms with Gasteiger partial charge in [-0.05, 0) is 48.8 Å². The van der Waals surface area contributed by atoms with Gasteiger partial charge in [-0.3, -0.25) is 14.9 Å². The molecule has 3 N–H and O–H groups in total. The summed E-state index contributed by atoms with van der Waals surface area (Å²) in [5, 5.41) is 2.87. The molecular formula is C17H23N3O2S. The first kappa shape index (κ1) is 16.5. The van der Waals surface area contributed by atoms with E-state index < -0.39 is 0 Å². The minimum atomic E-state index is -0.128. The number of thioether (sulfide) groups is 1. The molecule has 1 aromatic carbocycles. The van der Waals surface area contributed by atoms with Crippen molar-refractivity contribution in [2.75, 3.05) is 26.0 Å². The number of amides is 1. The highest BCUT2D eigenvalue weighted by Crippen LogP contribution is 2.41. The molecule has 0 spiro atoms. The Labute approximate surface area is 141 Å². The van der Waals surface area contributed by atoms with Crippen molar-refractivity contribution in [3.8, 4) is 0 Å². The predicted molar refractivity (Wildman–Crippen MR) is 91.4 cm³/mol. The molecule has 23 heavy (non-hydrogen) atoms. The Balaban J connectivity index is 1.85. The number of nitrogens with one attached hydrogen (secondary N) is 1. The van der Waals surface area contributed by atoms with Crippen LogP contribution >= 0.6 is 11.8 Å². The molecule has 5 nitrogen and oxygen atoms in total. The molecule has 0 saturated heterocycles. The number of fused-ring (bicyclic) bond motifs is 1. The van der Waals surface area contributed by atoms with Gasteiger partial charge in [0.25, 0.3) is 5.91 Å². The molecule has 2 aliphatic rings. The van der Waals surface area contributed by atoms with Gasteiger partial charge in [-0.25, -0.2) is 0 Å². The summed E-state index contributed by atoms with van der Waals surface area (Å²) in [6, 6.07) is 5.83. The molecular weight excluding hydrogens is 310 g/mol. The zero-order chi connectivity index (χ0) is 16.4. The van der Waals surface area contributed by atoms with Crippen molar-refractivity contribution < 1.29 is 9.59 Å². The summed E-state index contributed by atoms with van der Waals surface area (Å²) in [5.41, 5.74) is 7.15. The standard InChI is InChI=1S/C17H23N3O2S/c1-23-13-4-5-14-15(7-13)16(6-12(21)8-19-10-18)20(17(14)22)9-11-2-3-11/h4-5,7,11,16,19H,2-3,6,8-10,18H2,1H3. The maximum Gasteiger partial charge on any atom is 0.254 e. The fraction of sp³-hybridized carbons (Fsp3) is 0.529. The second-order valence-corrected chi connectivity index (χ2v) is 7.12. The van der Waals surface area contributed by atoms with Crippen LogP contribution in [0.25, 0.3) is 0 Å². The number of hydrogen-bond acceptors (Lipinski definition) is 5. The van der Waals surface area contributed by atoms with Crippen LogP contribution in [-0.4, -0.2) is 42.6 Å². The quantitative estimate of drug-likeness (QED) is 0.560. The van der Waals surface area contributed by atoms with Gasteiger partial charge in [-0.1, -0.05) is 0 Å². The van der Waals surface area contributed by atoms with E-state index in [0.717, 1.165) is 22.6 Å². The third kappa shape index (κ3) is 3.59. The van der Waals surface area contributed by atoms with Crippen molar-refractivity contribution in [2.24, 2.45) is 11.7 Å². The molecule has 0 radical (unpaired) electrons. The number of carbonyl (C=O) groups excluding carboxylic acids is 2. The SMILES string of the molecule is CSc1ccc2c(c1)C(CC(=O)CNCN)N(CC1CC1)C2=O. The highest BCUT2D eigenvalue weighted by Gasteiger charge is 2.40. The zero-order valence-electron chi connectivity index (χ0n) is 13.4. The second-order valence-electron chi connectivity index (χ2n) is 6.24. The fourth-order valence-corrected chi connectivity index (χ4v) is 3.56. The van der Waals surface area contributed by atoms with Crippen LogP contribution in [0.2, 0.25) is 0 Å². The molecule has 1 unspecified atom stereocenters. The summed E-state index contributed by atoms with van der Waals surface area (Å²) in [6.07, 6.45) is 4.75. The van der Waals surface area contributed by atoms with E-state index in [1.165, 1.54) is 12.8 Å². The first-order chi connectivity index (χ1) is 11.1. The molecule has 1 amide bonds. The Hall–Kier alpha value is -1.37. The zero-order valence-corrected chi connectivity index (χ0v) is 14.2. The highest BCUT2D eigenvalue weighted by atomic mass is 32.2. The van der Waals surface area contributed by atoms with E-state index >= 15 is 0 Å². The summed E-state index contributed by atoms with van der Waals surface area (Å²) < 4.78 is 0. The summed E-state index contributed by atoms with van der Waals surface area (Å²) in [7, 11) is 0. The molecule has 1 atom stereocenters. The van der Waals surface area contributed by atoms with Crippen LogP contribution in [0.4, 0.5) is 0 Å². The van der Waals surface area contributed by atoms with Crippen LogP contribution in [0.5, 0.6) is 0 Å². The van der Waals surface area contributed by atoms with E-state index in [1.807, 2.05) is 23.3 Å². The summed E-state index contributed by atoms with van der Waals surface area (Å²) in [4.78, 5) is 28.0. The largest absolute Gasteiger partial charge is 0.331 e. The van der Waals surface area contributed by atoms with E-state index in [9.17, 15) is 9.59 Å². The van der Waals surface area contributed by atoms with E-state index in [-0.39, 0.29) is 30.9 Å². The van der Waals surface area contributed by atoms with Gasteiger partial charge < -0.3 is 10.6 Å². The van der Waals surface area contributed by atoms with Gasteiger partial charge in [0.15, 0.2) is 0 Å². The molecule has 1 saturated carbocycles. The van der Waals surface area contributed by atoms with E-state index in [0.29, 0.717) is 12.3 Å². The first-order valence-electron chi connectivity index (χ1n) is 8.05. The van der Waals surface area contributed by atoms with Crippen molar-refractivity contribution >= 4 is 23.5 Å². The van der Waals surface area contributed by atoms with Gasteiger partial charge in [0.05, 0.1) is 12.6 Å². The number of carbonyl (C=O) groups is 2. The molecule has 0 bridgehead atoms. The third-order valence-electron chi connectivity index (χ3n) is 4.52. The lowest BCUT2D eigenvalue weighted by Gasteiger charge is -2.25. The van der Waals surface area contributed by atoms with E-state index in [1.54, 1.807) is 11.8 Å². The number of nitrogens with two attached hydrogens (primary N) is 1. The second kappa shape index (κ2) is 7.03. The third-order valence-corrected chi connectivity index (χ3v) is 5.25. The Bertz CT molecular complexity index is 616. The Kier molecular flexibility index (Phi) is 5.04. The van der Waals surface area contributed by atoms with Crippen molar-refractivity contribution in [3.05, 3.63) is 29.3 Å². The molecule has 124 valence electrons. The van der Waals surface area contributed by atoms with Crippen LogP contribution in [-0.2, 0) is 4.79 Å². The van der Waals surface area contributed by atoms with Gasteiger partial charge in [0, 0.05) is 30.1 Å². The fourth-order valence-electron chi connectivity index (χ4n) is 3.11. The molecule has 6 heteroatoms. The Morgan fingerprint density at radius 3 is 2.87 bits per heavy atom. The van der Waals surface area contributed by atoms with Crippen molar-refractivity contribution in [2.45, 2.75) is 30.2 Å². The average molecular weight is 333 g/mol. The van der Waals surface area contributed by atoms with Gasteiger partial charge in [-0.2, -0.15) is 0 Å². The number of rotatable bonds is 8. The first-order valence-corrected chi connectivity index (χ1v) is 9.28. The normalized spacial score (nSPS) is 20.0. The lowest BCUT2D eigenvalue weighted by molar-refractivity contribution is -0.119. The number of nitrogens with zero attached hydrogens (tertiary/aromatic N) is 1. The molecule has 3 rings (SSSR count). The average Bonchev–Trinajstić information content (AvgIpc) is 3.35. The summed E-state index contributed by atoms with van der Waals surface area (Å²) in [5.74, 6) is 0.772. The van der Waals surface area contributed by atoms with Crippen molar-refractivity contribution in [3.63, 3.8) is 0 Å². The van der Waals surface area contributed by atoms with Gasteiger partial charge in [0.2, 0.25) is 0 Å². The van der Waals surface area contributed by atoms with Crippen molar-refractivity contribution in [1.29, 1.82) is 0 Å². The van der Waals surface area contributed by atoms with Gasteiger partial charge >= 0.3 is 0 Å². The maximum atomic E-state index is 12.7. The van der Waals surface area contributed by atoms with Gasteiger partial charge in [0.1, 0.15) is 5.78 Å². The Morgan fingerprint density at radius 2 is 2.22 bits per heavy atom. The maximum absolute atomic E-state index is 12.7. The summed E-state index contributed by atoms with van der Waals surface area (Å²) in [6.45, 7) is 1.31. The minimum Gasteiger partial charge on any atom is -0.331 e. The van der Waals surface area contributed by atoms with E-state index in [4.69, 9.17) is 5.73 Å². The molecule has 1 aromatic rings.